The monoisotopic (exact) mass is 396 g/mol. The second kappa shape index (κ2) is 129. The molecule has 12 heavy (non-hydrogen) atoms. The molecule has 0 N–H and O–H groups in total. The van der Waals surface area contributed by atoms with Crippen LogP contribution in [0.3, 0.4) is 0 Å². The Morgan fingerprint density at radius 1 is 0.250 bits per heavy atom. The molecule has 0 aromatic heterocycles. The zero-order chi connectivity index (χ0) is 0. The van der Waals surface area contributed by atoms with E-state index in [1.165, 1.54) is 0 Å². The summed E-state index contributed by atoms with van der Waals surface area (Å²) >= 11 is 0. The van der Waals surface area contributed by atoms with Crippen LogP contribution in [0.5, 0.6) is 0 Å². The summed E-state index contributed by atoms with van der Waals surface area (Å²) < 4.78 is 0. The minimum absolute atomic E-state index is 0. The van der Waals surface area contributed by atoms with E-state index in [2.05, 4.69) is 0 Å². The van der Waals surface area contributed by atoms with E-state index < -0.39 is 0 Å². The third kappa shape index (κ3) is 106. The summed E-state index contributed by atoms with van der Waals surface area (Å²) in [4.78, 5) is 0. The van der Waals surface area contributed by atoms with Crippen LogP contribution in [-0.2, 0) is 0 Å². The average Bonchev–Trinajstić information content (AvgIpc) is 0. The van der Waals surface area contributed by atoms with Gasteiger partial charge in [0, 0.05) is 0 Å². The van der Waals surface area contributed by atoms with E-state index in [0.717, 1.165) is 0 Å². The largest absolute Gasteiger partial charge is 1.00 e. The van der Waals surface area contributed by atoms with Crippen molar-refractivity contribution in [2.45, 2.75) is 0 Å². The van der Waals surface area contributed by atoms with Gasteiger partial charge in [0.25, 0.3) is 0 Å². The topological polar surface area (TPSA) is 0 Å². The third-order valence-electron chi connectivity index (χ3n) is 0. The molecule has 0 aromatic carbocycles. The van der Waals surface area contributed by atoms with Crippen molar-refractivity contribution in [2.75, 3.05) is 0 Å². The van der Waals surface area contributed by atoms with Crippen molar-refractivity contribution in [1.29, 1.82) is 0 Å². The first-order valence-corrected chi connectivity index (χ1v) is 0. The van der Waals surface area contributed by atoms with Gasteiger partial charge in [-0.3, -0.25) is 0 Å². The average molecular weight is 400 g/mol. The normalized spacial score (nSPS) is 0. The molecule has 0 unspecified atom stereocenters. The van der Waals surface area contributed by atoms with Gasteiger partial charge in [-0.2, -0.15) is 0 Å². The van der Waals surface area contributed by atoms with Gasteiger partial charge in [0.05, 0.1) is 0 Å². The van der Waals surface area contributed by atoms with Crippen molar-refractivity contribution >= 4 is 112 Å². The SMILES string of the molecule is Cl.Cl.Cl.Cl.Cl.Cl.Cl.Cl.Cl.[H-].[H-].[H-].[Na+].[Na+].[Na+]. The molecule has 0 saturated heterocycles. The van der Waals surface area contributed by atoms with Crippen molar-refractivity contribution in [3.63, 3.8) is 0 Å². The first-order chi connectivity index (χ1) is 0. The quantitative estimate of drug-likeness (QED) is 0.358. The Balaban J connectivity index is 0. The van der Waals surface area contributed by atoms with Crippen molar-refractivity contribution in [3.8, 4) is 0 Å². The van der Waals surface area contributed by atoms with Crippen molar-refractivity contribution in [1.82, 2.24) is 0 Å². The Kier molecular flexibility index (Phi) is 1650. The van der Waals surface area contributed by atoms with Gasteiger partial charge in [-0.1, -0.05) is 0 Å². The van der Waals surface area contributed by atoms with Gasteiger partial charge >= 0.3 is 88.7 Å². The van der Waals surface area contributed by atoms with E-state index in [0.29, 0.717) is 0 Å². The summed E-state index contributed by atoms with van der Waals surface area (Å²) in [6.07, 6.45) is 0. The molecule has 0 aromatic rings. The standard InChI is InChI=1S/9ClH.3Na.3H/h9*1H;;;;;;/q;;;;;;;;;3*+1;3*-1. The summed E-state index contributed by atoms with van der Waals surface area (Å²) in [6.45, 7) is 0. The fraction of sp³-hybridized carbons (Fsp3) is 0. The molecular formula is H12Cl9Na3. The Hall–Kier alpha value is 5.61. The summed E-state index contributed by atoms with van der Waals surface area (Å²) in [5, 5.41) is 0. The maximum absolute atomic E-state index is 0. The molecule has 0 bridgehead atoms. The molecule has 0 atom stereocenters. The Morgan fingerprint density at radius 3 is 0.250 bits per heavy atom. The van der Waals surface area contributed by atoms with Crippen LogP contribution in [0.1, 0.15) is 4.28 Å². The fourth-order valence-electron chi connectivity index (χ4n) is 0. The Labute approximate surface area is 200 Å². The summed E-state index contributed by atoms with van der Waals surface area (Å²) in [5.74, 6) is 0. The molecule has 0 rings (SSSR count). The van der Waals surface area contributed by atoms with Crippen molar-refractivity contribution < 1.29 is 93.0 Å². The zero-order valence-electron chi connectivity index (χ0n) is 9.67. The Bertz CT molecular complexity index is 20.6. The second-order valence-corrected chi connectivity index (χ2v) is 0. The van der Waals surface area contributed by atoms with E-state index in [9.17, 15) is 0 Å². The van der Waals surface area contributed by atoms with Gasteiger partial charge in [-0.05, 0) is 0 Å². The van der Waals surface area contributed by atoms with Gasteiger partial charge in [-0.15, -0.1) is 112 Å². The summed E-state index contributed by atoms with van der Waals surface area (Å²) in [7, 11) is 0. The van der Waals surface area contributed by atoms with Crippen LogP contribution in [0.4, 0.5) is 0 Å². The van der Waals surface area contributed by atoms with Gasteiger partial charge in [0.1, 0.15) is 0 Å². The molecule has 0 spiro atoms. The smallest absolute Gasteiger partial charge is 1.00 e. The molecule has 78 valence electrons. The number of hydrogen-bond donors (Lipinski definition) is 0. The maximum Gasteiger partial charge on any atom is 1.00 e. The zero-order valence-corrected chi connectivity index (χ0v) is 20.0. The molecule has 12 heteroatoms. The third-order valence-corrected chi connectivity index (χ3v) is 0. The van der Waals surface area contributed by atoms with E-state index in [4.69, 9.17) is 0 Å². The predicted molar refractivity (Wildman–Crippen MR) is 68.6 cm³/mol. The summed E-state index contributed by atoms with van der Waals surface area (Å²) in [6, 6.07) is 0. The van der Waals surface area contributed by atoms with Crippen LogP contribution in [0, 0.1) is 0 Å². The van der Waals surface area contributed by atoms with E-state index >= 15 is 0 Å². The molecule has 0 aliphatic rings. The minimum Gasteiger partial charge on any atom is -1.00 e. The number of hydrogen-bond acceptors (Lipinski definition) is 0. The number of rotatable bonds is 0. The Morgan fingerprint density at radius 2 is 0.250 bits per heavy atom. The van der Waals surface area contributed by atoms with Gasteiger partial charge < -0.3 is 4.28 Å². The first-order valence-electron chi connectivity index (χ1n) is 0. The van der Waals surface area contributed by atoms with Crippen LogP contribution in [0.25, 0.3) is 0 Å². The molecule has 0 heterocycles. The molecule has 0 saturated carbocycles. The minimum atomic E-state index is 0. The van der Waals surface area contributed by atoms with Crippen LogP contribution in [-0.4, -0.2) is 0 Å². The molecule has 0 radical (unpaired) electrons. The number of halogens is 9. The van der Waals surface area contributed by atoms with Gasteiger partial charge in [-0.25, -0.2) is 0 Å². The molecular weight excluding hydrogens is 388 g/mol. The maximum atomic E-state index is 0. The molecule has 0 aliphatic carbocycles. The summed E-state index contributed by atoms with van der Waals surface area (Å²) in [5.41, 5.74) is 0. The van der Waals surface area contributed by atoms with Crippen molar-refractivity contribution in [3.05, 3.63) is 0 Å². The first kappa shape index (κ1) is 154. The molecule has 0 fully saturated rings. The van der Waals surface area contributed by atoms with Crippen molar-refractivity contribution in [2.24, 2.45) is 0 Å². The van der Waals surface area contributed by atoms with E-state index in [1.807, 2.05) is 0 Å². The van der Waals surface area contributed by atoms with E-state index in [1.54, 1.807) is 0 Å². The molecule has 0 aliphatic heterocycles. The van der Waals surface area contributed by atoms with Crippen LogP contribution >= 0.6 is 112 Å². The van der Waals surface area contributed by atoms with Gasteiger partial charge in [0.15, 0.2) is 0 Å². The van der Waals surface area contributed by atoms with E-state index in [-0.39, 0.29) is 205 Å². The van der Waals surface area contributed by atoms with Crippen LogP contribution in [0.2, 0.25) is 0 Å². The predicted octanol–water partition coefficient (Wildman–Crippen LogP) is -4.85. The fourth-order valence-corrected chi connectivity index (χ4v) is 0. The van der Waals surface area contributed by atoms with Crippen LogP contribution in [0.15, 0.2) is 0 Å². The molecule has 0 nitrogen and oxygen atoms in total. The second-order valence-electron chi connectivity index (χ2n) is 0. The molecule has 0 amide bonds. The van der Waals surface area contributed by atoms with Crippen LogP contribution < -0.4 is 88.7 Å². The van der Waals surface area contributed by atoms with Gasteiger partial charge in [0.2, 0.25) is 0 Å².